The predicted octanol–water partition coefficient (Wildman–Crippen LogP) is 2.52. The molecule has 9 heteroatoms. The molecule has 0 aliphatic heterocycles. The van der Waals surface area contributed by atoms with Gasteiger partial charge in [-0.2, -0.15) is 0 Å². The van der Waals surface area contributed by atoms with E-state index in [1.807, 2.05) is 26.0 Å². The molecule has 0 unspecified atom stereocenters. The van der Waals surface area contributed by atoms with Crippen LogP contribution in [-0.4, -0.2) is 36.5 Å². The number of amides is 1. The fraction of sp³-hybridized carbons (Fsp3) is 0.346. The number of nitrogens with zero attached hydrogens (tertiary/aromatic N) is 4. The molecule has 0 radical (unpaired) electrons. The Kier molecular flexibility index (Phi) is 5.62. The van der Waals surface area contributed by atoms with Gasteiger partial charge >= 0.3 is 5.69 Å². The standard InChI is InChI=1S/C26H27N5O4/c1-15-8-10-19(16(2)12-15)22(32)14-30-26(35)31-21-13-17(23(33)27-18-6-4-5-7-18)9-11-20(21)24(34)29(3)25(31)28-30/h8-13,18H,4-7,14H2,1-3H3,(H,27,33). The van der Waals surface area contributed by atoms with Crippen LogP contribution in [0.15, 0.2) is 46.0 Å². The maximum Gasteiger partial charge on any atom is 0.352 e. The zero-order valence-corrected chi connectivity index (χ0v) is 20.0. The van der Waals surface area contributed by atoms with Crippen molar-refractivity contribution in [3.8, 4) is 0 Å². The highest BCUT2D eigenvalue weighted by atomic mass is 16.2. The molecule has 2 aromatic heterocycles. The number of benzene rings is 2. The largest absolute Gasteiger partial charge is 0.352 e. The Bertz CT molecular complexity index is 1620. The lowest BCUT2D eigenvalue weighted by Crippen LogP contribution is -2.32. The average Bonchev–Trinajstić information content (AvgIpc) is 3.45. The van der Waals surface area contributed by atoms with Crippen molar-refractivity contribution in [1.82, 2.24) is 24.1 Å². The molecular formula is C26H27N5O4. The number of rotatable bonds is 5. The van der Waals surface area contributed by atoms with Crippen LogP contribution in [0, 0.1) is 13.8 Å². The Morgan fingerprint density at radius 2 is 1.80 bits per heavy atom. The minimum absolute atomic E-state index is 0.106. The molecule has 0 saturated heterocycles. The van der Waals surface area contributed by atoms with Crippen LogP contribution in [0.2, 0.25) is 0 Å². The first kappa shape index (κ1) is 22.8. The quantitative estimate of drug-likeness (QED) is 0.448. The van der Waals surface area contributed by atoms with E-state index < -0.39 is 5.69 Å². The zero-order chi connectivity index (χ0) is 24.9. The third-order valence-electron chi connectivity index (χ3n) is 6.82. The predicted molar refractivity (Wildman–Crippen MR) is 132 cm³/mol. The third kappa shape index (κ3) is 3.96. The summed E-state index contributed by atoms with van der Waals surface area (Å²) in [5, 5.41) is 7.63. The van der Waals surface area contributed by atoms with Gasteiger partial charge in [0.2, 0.25) is 5.78 Å². The maximum absolute atomic E-state index is 13.4. The van der Waals surface area contributed by atoms with Gasteiger partial charge in [-0.1, -0.05) is 36.6 Å². The van der Waals surface area contributed by atoms with Gasteiger partial charge in [0.1, 0.15) is 6.54 Å². The molecule has 2 aromatic carbocycles. The molecule has 1 aliphatic carbocycles. The minimum atomic E-state index is -0.549. The van der Waals surface area contributed by atoms with E-state index in [9.17, 15) is 19.2 Å². The van der Waals surface area contributed by atoms with Crippen LogP contribution in [0.5, 0.6) is 0 Å². The molecule has 0 spiro atoms. The lowest BCUT2D eigenvalue weighted by Gasteiger charge is -2.12. The summed E-state index contributed by atoms with van der Waals surface area (Å²) in [6.07, 6.45) is 4.08. The van der Waals surface area contributed by atoms with Crippen molar-refractivity contribution < 1.29 is 9.59 Å². The molecule has 35 heavy (non-hydrogen) atoms. The fourth-order valence-corrected chi connectivity index (χ4v) is 4.92. The van der Waals surface area contributed by atoms with Gasteiger partial charge in [-0.05, 0) is 50.5 Å². The van der Waals surface area contributed by atoms with Crippen molar-refractivity contribution in [3.05, 3.63) is 79.5 Å². The highest BCUT2D eigenvalue weighted by Crippen LogP contribution is 2.19. The normalized spacial score (nSPS) is 14.1. The van der Waals surface area contributed by atoms with Crippen LogP contribution in [0.25, 0.3) is 16.7 Å². The number of hydrogen-bond donors (Lipinski definition) is 1. The number of ketones is 1. The molecule has 0 atom stereocenters. The van der Waals surface area contributed by atoms with Gasteiger partial charge in [0.25, 0.3) is 11.5 Å². The monoisotopic (exact) mass is 473 g/mol. The number of aromatic nitrogens is 4. The summed E-state index contributed by atoms with van der Waals surface area (Å²) in [5.41, 5.74) is 2.15. The summed E-state index contributed by atoms with van der Waals surface area (Å²) in [5.74, 6) is -0.383. The summed E-state index contributed by atoms with van der Waals surface area (Å²) in [4.78, 5) is 52.1. The van der Waals surface area contributed by atoms with Crippen LogP contribution in [0.1, 0.15) is 57.5 Å². The van der Waals surface area contributed by atoms with Crippen LogP contribution in [0.4, 0.5) is 0 Å². The van der Waals surface area contributed by atoms with Crippen LogP contribution >= 0.6 is 0 Å². The van der Waals surface area contributed by atoms with Gasteiger partial charge in [-0.3, -0.25) is 19.0 Å². The van der Waals surface area contributed by atoms with Crippen LogP contribution in [0.3, 0.4) is 0 Å². The van der Waals surface area contributed by atoms with Gasteiger partial charge < -0.3 is 5.32 Å². The Morgan fingerprint density at radius 1 is 1.06 bits per heavy atom. The van der Waals surface area contributed by atoms with Crippen molar-refractivity contribution in [2.24, 2.45) is 7.05 Å². The number of fused-ring (bicyclic) bond motifs is 3. The molecule has 1 amide bonds. The van der Waals surface area contributed by atoms with E-state index in [2.05, 4.69) is 10.4 Å². The SMILES string of the molecule is Cc1ccc(C(=O)Cn2nc3n(C)c(=O)c4ccc(C(=O)NC5CCCC5)cc4n3c2=O)c(C)c1. The van der Waals surface area contributed by atoms with E-state index in [1.54, 1.807) is 24.3 Å². The lowest BCUT2D eigenvalue weighted by atomic mass is 10.0. The summed E-state index contributed by atoms with van der Waals surface area (Å²) in [7, 11) is 1.53. The Labute approximate surface area is 201 Å². The minimum Gasteiger partial charge on any atom is -0.349 e. The van der Waals surface area contributed by atoms with Crippen molar-refractivity contribution in [2.75, 3.05) is 0 Å². The van der Waals surface area contributed by atoms with Gasteiger partial charge in [-0.15, -0.1) is 5.10 Å². The number of Topliss-reactive ketones (excluding diaryl/α,β-unsaturated/α-hetero) is 1. The van der Waals surface area contributed by atoms with Gasteiger partial charge in [0.05, 0.1) is 10.9 Å². The fourth-order valence-electron chi connectivity index (χ4n) is 4.92. The average molecular weight is 474 g/mol. The molecule has 180 valence electrons. The number of carbonyl (C=O) groups is 2. The van der Waals surface area contributed by atoms with Crippen molar-refractivity contribution in [1.29, 1.82) is 0 Å². The van der Waals surface area contributed by atoms with E-state index in [0.717, 1.165) is 41.5 Å². The number of carbonyl (C=O) groups excluding carboxylic acids is 2. The Balaban J connectivity index is 1.59. The number of aryl methyl sites for hydroxylation is 3. The third-order valence-corrected chi connectivity index (χ3v) is 6.82. The first-order valence-electron chi connectivity index (χ1n) is 11.8. The zero-order valence-electron chi connectivity index (χ0n) is 20.0. The van der Waals surface area contributed by atoms with Gasteiger partial charge in [-0.25, -0.2) is 13.9 Å². The smallest absolute Gasteiger partial charge is 0.349 e. The molecule has 1 saturated carbocycles. The first-order valence-corrected chi connectivity index (χ1v) is 11.8. The van der Waals surface area contributed by atoms with E-state index in [1.165, 1.54) is 16.0 Å². The van der Waals surface area contributed by atoms with Crippen molar-refractivity contribution >= 4 is 28.4 Å². The summed E-state index contributed by atoms with van der Waals surface area (Å²) < 4.78 is 3.64. The molecule has 0 bridgehead atoms. The molecule has 1 N–H and O–H groups in total. The topological polar surface area (TPSA) is 107 Å². The van der Waals surface area contributed by atoms with E-state index in [0.29, 0.717) is 16.5 Å². The van der Waals surface area contributed by atoms with Gasteiger partial charge in [0.15, 0.2) is 5.78 Å². The Hall–Kier alpha value is -4.01. The van der Waals surface area contributed by atoms with Crippen molar-refractivity contribution in [3.63, 3.8) is 0 Å². The number of hydrogen-bond acceptors (Lipinski definition) is 5. The van der Waals surface area contributed by atoms with Crippen molar-refractivity contribution in [2.45, 2.75) is 52.1 Å². The molecule has 1 fully saturated rings. The molecule has 5 rings (SSSR count). The second-order valence-corrected chi connectivity index (χ2v) is 9.37. The molecule has 4 aromatic rings. The molecular weight excluding hydrogens is 446 g/mol. The van der Waals surface area contributed by atoms with E-state index >= 15 is 0 Å². The molecule has 1 aliphatic rings. The van der Waals surface area contributed by atoms with Crippen LogP contribution < -0.4 is 16.6 Å². The summed E-state index contributed by atoms with van der Waals surface area (Å²) in [6.45, 7) is 3.53. The highest BCUT2D eigenvalue weighted by molar-refractivity contribution is 5.98. The summed E-state index contributed by atoms with van der Waals surface area (Å²) in [6, 6.07) is 10.4. The maximum atomic E-state index is 13.4. The second-order valence-electron chi connectivity index (χ2n) is 9.37. The first-order chi connectivity index (χ1) is 16.7. The molecule has 2 heterocycles. The highest BCUT2D eigenvalue weighted by Gasteiger charge is 2.21. The van der Waals surface area contributed by atoms with E-state index in [-0.39, 0.29) is 41.1 Å². The van der Waals surface area contributed by atoms with E-state index in [4.69, 9.17) is 0 Å². The second kappa shape index (κ2) is 8.65. The lowest BCUT2D eigenvalue weighted by molar-refractivity contribution is 0.0935. The van der Waals surface area contributed by atoms with Gasteiger partial charge in [0, 0.05) is 24.2 Å². The Morgan fingerprint density at radius 3 is 2.51 bits per heavy atom. The van der Waals surface area contributed by atoms with Crippen LogP contribution in [-0.2, 0) is 13.6 Å². The summed E-state index contributed by atoms with van der Waals surface area (Å²) >= 11 is 0. The number of nitrogens with one attached hydrogen (secondary N) is 1. The molecule has 9 nitrogen and oxygen atoms in total.